The Morgan fingerprint density at radius 3 is 2.49 bits per heavy atom. The van der Waals surface area contributed by atoms with Crippen LogP contribution in [0, 0.1) is 17.0 Å². The Balaban J connectivity index is 1.39. The highest BCUT2D eigenvalue weighted by atomic mass is 35.5. The first-order chi connectivity index (χ1) is 20.4. The SMILES string of the molecule is CCOC(=O)[C@@H]1CC2(CCN(c3cc(O[C@H](c4ccc(Cl)cc4-c4cc(F)cc(F)c4)C(F)(F)F)nc(N)n3)CC2)CN1. The van der Waals surface area contributed by atoms with Gasteiger partial charge < -0.3 is 25.4 Å². The first-order valence-corrected chi connectivity index (χ1v) is 14.0. The van der Waals surface area contributed by atoms with E-state index in [-0.39, 0.29) is 45.3 Å². The van der Waals surface area contributed by atoms with E-state index in [2.05, 4.69) is 15.3 Å². The molecule has 3 aromatic rings. The van der Waals surface area contributed by atoms with Crippen molar-refractivity contribution < 1.29 is 36.2 Å². The minimum absolute atomic E-state index is 0.0619. The Bertz CT molecular complexity index is 1480. The molecule has 0 amide bonds. The number of hydrogen-bond donors (Lipinski definition) is 2. The molecule has 0 bridgehead atoms. The number of rotatable bonds is 7. The number of benzene rings is 2. The minimum atomic E-state index is -4.96. The number of halogens is 6. The summed E-state index contributed by atoms with van der Waals surface area (Å²) in [5, 5.41) is 3.30. The van der Waals surface area contributed by atoms with Crippen molar-refractivity contribution in [2.75, 3.05) is 36.9 Å². The molecule has 1 aromatic heterocycles. The van der Waals surface area contributed by atoms with E-state index in [0.29, 0.717) is 51.6 Å². The van der Waals surface area contributed by atoms with Crippen LogP contribution in [0.25, 0.3) is 11.1 Å². The van der Waals surface area contributed by atoms with Gasteiger partial charge in [0.05, 0.1) is 6.61 Å². The number of nitrogens with one attached hydrogen (secondary N) is 1. The van der Waals surface area contributed by atoms with Crippen LogP contribution in [0.3, 0.4) is 0 Å². The van der Waals surface area contributed by atoms with Crippen molar-refractivity contribution in [1.82, 2.24) is 15.3 Å². The Morgan fingerprint density at radius 1 is 1.14 bits per heavy atom. The van der Waals surface area contributed by atoms with Crippen LogP contribution in [0.15, 0.2) is 42.5 Å². The van der Waals surface area contributed by atoms with Crippen LogP contribution in [-0.4, -0.2) is 54.4 Å². The number of alkyl halides is 3. The Hall–Kier alpha value is -3.71. The molecule has 1 spiro atoms. The smallest absolute Gasteiger partial charge is 0.429 e. The molecule has 8 nitrogen and oxygen atoms in total. The second-order valence-corrected chi connectivity index (χ2v) is 11.2. The van der Waals surface area contributed by atoms with Crippen molar-refractivity contribution >= 4 is 29.3 Å². The summed E-state index contributed by atoms with van der Waals surface area (Å²) < 4.78 is 82.0. The lowest BCUT2D eigenvalue weighted by atomic mass is 9.76. The largest absolute Gasteiger partial charge is 0.465 e. The van der Waals surface area contributed by atoms with E-state index >= 15 is 0 Å². The molecule has 14 heteroatoms. The average Bonchev–Trinajstić information content (AvgIpc) is 3.34. The summed E-state index contributed by atoms with van der Waals surface area (Å²) in [5.41, 5.74) is 5.03. The number of nitrogen functional groups attached to an aromatic ring is 1. The molecule has 2 aliphatic heterocycles. The number of hydrogen-bond acceptors (Lipinski definition) is 8. The number of piperidine rings is 1. The van der Waals surface area contributed by atoms with Gasteiger partial charge in [0.25, 0.3) is 0 Å². The lowest BCUT2D eigenvalue weighted by Gasteiger charge is -2.39. The van der Waals surface area contributed by atoms with E-state index in [4.69, 9.17) is 26.8 Å². The second kappa shape index (κ2) is 12.1. The van der Waals surface area contributed by atoms with Crippen molar-refractivity contribution in [2.45, 2.75) is 44.5 Å². The number of aromatic nitrogens is 2. The maximum atomic E-state index is 14.5. The van der Waals surface area contributed by atoms with Crippen LogP contribution >= 0.6 is 11.6 Å². The molecule has 230 valence electrons. The topological polar surface area (TPSA) is 103 Å². The summed E-state index contributed by atoms with van der Waals surface area (Å²) in [7, 11) is 0. The van der Waals surface area contributed by atoms with Crippen molar-refractivity contribution in [3.63, 3.8) is 0 Å². The molecule has 3 N–H and O–H groups in total. The minimum Gasteiger partial charge on any atom is -0.465 e. The van der Waals surface area contributed by atoms with Gasteiger partial charge in [-0.25, -0.2) is 8.78 Å². The highest BCUT2D eigenvalue weighted by molar-refractivity contribution is 6.30. The second-order valence-electron chi connectivity index (χ2n) is 10.7. The van der Waals surface area contributed by atoms with Crippen LogP contribution < -0.4 is 20.7 Å². The van der Waals surface area contributed by atoms with Crippen molar-refractivity contribution in [3.05, 3.63) is 64.7 Å². The molecule has 2 atom stereocenters. The summed E-state index contributed by atoms with van der Waals surface area (Å²) in [6.07, 6.45) is -5.50. The Morgan fingerprint density at radius 2 is 1.84 bits per heavy atom. The van der Waals surface area contributed by atoms with Gasteiger partial charge in [0.2, 0.25) is 17.9 Å². The van der Waals surface area contributed by atoms with Gasteiger partial charge in [-0.3, -0.25) is 4.79 Å². The molecule has 2 aromatic carbocycles. The van der Waals surface area contributed by atoms with Gasteiger partial charge in [-0.15, -0.1) is 0 Å². The molecule has 2 aliphatic rings. The molecular weight excluding hydrogens is 597 g/mol. The molecule has 0 aliphatic carbocycles. The summed E-state index contributed by atoms with van der Waals surface area (Å²) in [5.74, 6) is -2.64. The zero-order valence-corrected chi connectivity index (χ0v) is 23.8. The van der Waals surface area contributed by atoms with Gasteiger partial charge in [-0.1, -0.05) is 17.7 Å². The highest BCUT2D eigenvalue weighted by Crippen LogP contribution is 2.43. The van der Waals surface area contributed by atoms with Gasteiger partial charge in [0.1, 0.15) is 23.5 Å². The molecule has 0 unspecified atom stereocenters. The third-order valence-corrected chi connectivity index (χ3v) is 8.03. The predicted molar refractivity (Wildman–Crippen MR) is 150 cm³/mol. The molecule has 2 saturated heterocycles. The van der Waals surface area contributed by atoms with E-state index in [0.717, 1.165) is 18.2 Å². The van der Waals surface area contributed by atoms with Crippen molar-refractivity contribution in [2.24, 2.45) is 5.41 Å². The molecule has 5 rings (SSSR count). The van der Waals surface area contributed by atoms with Gasteiger partial charge in [-0.05, 0) is 67.0 Å². The fraction of sp³-hybridized carbons (Fsp3) is 0.414. The van der Waals surface area contributed by atoms with Gasteiger partial charge in [0.15, 0.2) is 0 Å². The normalized spacial score (nSPS) is 19.0. The van der Waals surface area contributed by atoms with Crippen LogP contribution in [0.1, 0.15) is 37.9 Å². The standard InChI is InChI=1S/C29H29ClF5N5O3/c1-2-42-26(41)22-14-28(15-37-22)5-7-40(8-6-28)23-13-24(39-27(36)38-23)43-25(29(33,34)35)20-4-3-17(30)11-21(20)16-9-18(31)12-19(32)10-16/h3-4,9-13,22,25,37H,2,5-8,14-15H2,1H3,(H2,36,38,39)/t22-,25+/m0/s1. The predicted octanol–water partition coefficient (Wildman–Crippen LogP) is 5.85. The maximum Gasteiger partial charge on any atom is 0.429 e. The number of esters is 1. The van der Waals surface area contributed by atoms with Gasteiger partial charge in [-0.2, -0.15) is 23.1 Å². The highest BCUT2D eigenvalue weighted by Gasteiger charge is 2.46. The van der Waals surface area contributed by atoms with Crippen LogP contribution in [-0.2, 0) is 9.53 Å². The summed E-state index contributed by atoms with van der Waals surface area (Å²) in [6.45, 7) is 3.74. The molecule has 3 heterocycles. The first-order valence-electron chi connectivity index (χ1n) is 13.6. The fourth-order valence-corrected chi connectivity index (χ4v) is 5.89. The molecule has 43 heavy (non-hydrogen) atoms. The van der Waals surface area contributed by atoms with E-state index < -0.39 is 35.4 Å². The van der Waals surface area contributed by atoms with Crippen LogP contribution in [0.2, 0.25) is 5.02 Å². The molecule has 0 saturated carbocycles. The van der Waals surface area contributed by atoms with E-state index in [1.807, 2.05) is 4.90 Å². The van der Waals surface area contributed by atoms with Crippen LogP contribution in [0.5, 0.6) is 5.88 Å². The third kappa shape index (κ3) is 6.93. The number of carbonyl (C=O) groups is 1. The first kappa shape index (κ1) is 30.7. The molecule has 0 radical (unpaired) electrons. The summed E-state index contributed by atoms with van der Waals surface area (Å²) in [4.78, 5) is 22.2. The average molecular weight is 626 g/mol. The Kier molecular flexibility index (Phi) is 8.66. The molecular formula is C29H29ClF5N5O3. The van der Waals surface area contributed by atoms with Gasteiger partial charge in [0, 0.05) is 42.4 Å². The van der Waals surface area contributed by atoms with Gasteiger partial charge >= 0.3 is 12.1 Å². The number of anilines is 2. The van der Waals surface area contributed by atoms with Crippen molar-refractivity contribution in [1.29, 1.82) is 0 Å². The Labute approximate surface area is 249 Å². The number of nitrogens with two attached hydrogens (primary N) is 1. The summed E-state index contributed by atoms with van der Waals surface area (Å²) >= 11 is 6.06. The number of ether oxygens (including phenoxy) is 2. The van der Waals surface area contributed by atoms with E-state index in [1.165, 1.54) is 18.2 Å². The quantitative estimate of drug-likeness (QED) is 0.249. The number of carbonyl (C=O) groups excluding carboxylic acids is 1. The van der Waals surface area contributed by atoms with E-state index in [1.54, 1.807) is 6.92 Å². The lowest BCUT2D eigenvalue weighted by molar-refractivity contribution is -0.198. The zero-order chi connectivity index (χ0) is 30.9. The number of nitrogens with zero attached hydrogens (tertiary/aromatic N) is 3. The molecule has 2 fully saturated rings. The lowest BCUT2D eigenvalue weighted by Crippen LogP contribution is -2.41. The maximum absolute atomic E-state index is 14.5. The van der Waals surface area contributed by atoms with Crippen molar-refractivity contribution in [3.8, 4) is 17.0 Å². The fourth-order valence-electron chi connectivity index (χ4n) is 5.71. The van der Waals surface area contributed by atoms with E-state index in [9.17, 15) is 26.7 Å². The summed E-state index contributed by atoms with van der Waals surface area (Å²) in [6, 6.07) is 6.83. The zero-order valence-electron chi connectivity index (χ0n) is 23.1. The van der Waals surface area contributed by atoms with Crippen LogP contribution in [0.4, 0.5) is 33.7 Å². The third-order valence-electron chi connectivity index (χ3n) is 7.79. The monoisotopic (exact) mass is 625 g/mol.